The van der Waals surface area contributed by atoms with Crippen molar-refractivity contribution in [1.82, 2.24) is 0 Å². The molecule has 2 heteroatoms. The molecular formula is C13H18N2. The molecule has 0 amide bonds. The SMILES string of the molecule is Cc1ccc2c(c1)N1CCCC1CCN2. The second-order valence-electron chi connectivity index (χ2n) is 4.73. The summed E-state index contributed by atoms with van der Waals surface area (Å²) in [5.41, 5.74) is 4.11. The Kier molecular flexibility index (Phi) is 2.08. The van der Waals surface area contributed by atoms with Gasteiger partial charge >= 0.3 is 0 Å². The third-order valence-corrected chi connectivity index (χ3v) is 3.63. The summed E-state index contributed by atoms with van der Waals surface area (Å²) in [7, 11) is 0. The minimum absolute atomic E-state index is 0.778. The molecule has 2 aliphatic rings. The van der Waals surface area contributed by atoms with Gasteiger partial charge in [0.15, 0.2) is 0 Å². The fraction of sp³-hybridized carbons (Fsp3) is 0.538. The molecule has 2 heterocycles. The predicted octanol–water partition coefficient (Wildman–Crippen LogP) is 2.78. The van der Waals surface area contributed by atoms with Crippen molar-refractivity contribution in [3.8, 4) is 0 Å². The third-order valence-electron chi connectivity index (χ3n) is 3.63. The van der Waals surface area contributed by atoms with Gasteiger partial charge in [-0.3, -0.25) is 0 Å². The zero-order valence-corrected chi connectivity index (χ0v) is 9.29. The van der Waals surface area contributed by atoms with Gasteiger partial charge in [0.25, 0.3) is 0 Å². The molecule has 2 aliphatic heterocycles. The van der Waals surface area contributed by atoms with Crippen molar-refractivity contribution in [2.45, 2.75) is 32.2 Å². The summed E-state index contributed by atoms with van der Waals surface area (Å²) >= 11 is 0. The zero-order valence-electron chi connectivity index (χ0n) is 9.29. The van der Waals surface area contributed by atoms with Gasteiger partial charge in [-0.25, -0.2) is 0 Å². The van der Waals surface area contributed by atoms with E-state index in [1.165, 1.54) is 42.7 Å². The number of nitrogens with zero attached hydrogens (tertiary/aromatic N) is 1. The lowest BCUT2D eigenvalue weighted by Crippen LogP contribution is -2.28. The predicted molar refractivity (Wildman–Crippen MR) is 64.7 cm³/mol. The largest absolute Gasteiger partial charge is 0.383 e. The summed E-state index contributed by atoms with van der Waals surface area (Å²) in [5, 5.41) is 3.54. The zero-order chi connectivity index (χ0) is 10.3. The van der Waals surface area contributed by atoms with E-state index in [2.05, 4.69) is 35.3 Å². The number of fused-ring (bicyclic) bond motifs is 3. The summed E-state index contributed by atoms with van der Waals surface area (Å²) in [6, 6.07) is 7.53. The third kappa shape index (κ3) is 1.48. The van der Waals surface area contributed by atoms with E-state index in [9.17, 15) is 0 Å². The smallest absolute Gasteiger partial charge is 0.0607 e. The van der Waals surface area contributed by atoms with Crippen LogP contribution in [0, 0.1) is 6.92 Å². The molecule has 0 bridgehead atoms. The average molecular weight is 202 g/mol. The van der Waals surface area contributed by atoms with Crippen molar-refractivity contribution >= 4 is 11.4 Å². The highest BCUT2D eigenvalue weighted by atomic mass is 15.2. The average Bonchev–Trinajstić information content (AvgIpc) is 2.62. The molecule has 1 N–H and O–H groups in total. The van der Waals surface area contributed by atoms with E-state index in [0.717, 1.165) is 12.6 Å². The van der Waals surface area contributed by atoms with E-state index in [-0.39, 0.29) is 0 Å². The Morgan fingerprint density at radius 3 is 3.20 bits per heavy atom. The first-order valence-corrected chi connectivity index (χ1v) is 5.96. The van der Waals surface area contributed by atoms with E-state index in [0.29, 0.717) is 0 Å². The Bertz CT molecular complexity index is 373. The topological polar surface area (TPSA) is 15.3 Å². The maximum absolute atomic E-state index is 3.54. The van der Waals surface area contributed by atoms with Crippen LogP contribution in [0.4, 0.5) is 11.4 Å². The molecule has 0 spiro atoms. The number of hydrogen-bond donors (Lipinski definition) is 1. The van der Waals surface area contributed by atoms with Crippen LogP contribution in [0.1, 0.15) is 24.8 Å². The Morgan fingerprint density at radius 2 is 2.27 bits per heavy atom. The standard InChI is InChI=1S/C13H18N2/c1-10-4-5-12-13(9-10)15-8-2-3-11(15)6-7-14-12/h4-5,9,11,14H,2-3,6-8H2,1H3. The van der Waals surface area contributed by atoms with Crippen LogP contribution in [-0.4, -0.2) is 19.1 Å². The minimum Gasteiger partial charge on any atom is -0.383 e. The van der Waals surface area contributed by atoms with Crippen LogP contribution in [0.2, 0.25) is 0 Å². The molecule has 1 atom stereocenters. The minimum atomic E-state index is 0.778. The number of rotatable bonds is 0. The van der Waals surface area contributed by atoms with Gasteiger partial charge in [-0.05, 0) is 43.9 Å². The number of nitrogens with one attached hydrogen (secondary N) is 1. The van der Waals surface area contributed by atoms with Crippen LogP contribution >= 0.6 is 0 Å². The van der Waals surface area contributed by atoms with Crippen molar-refractivity contribution in [3.63, 3.8) is 0 Å². The molecule has 3 rings (SSSR count). The Balaban J connectivity index is 2.06. The molecule has 1 unspecified atom stereocenters. The van der Waals surface area contributed by atoms with E-state index in [1.807, 2.05) is 0 Å². The molecule has 80 valence electrons. The molecule has 1 saturated heterocycles. The summed E-state index contributed by atoms with van der Waals surface area (Å²) in [6.45, 7) is 4.54. The summed E-state index contributed by atoms with van der Waals surface area (Å²) < 4.78 is 0. The van der Waals surface area contributed by atoms with E-state index < -0.39 is 0 Å². The molecular weight excluding hydrogens is 184 g/mol. The summed E-state index contributed by atoms with van der Waals surface area (Å²) in [4.78, 5) is 2.60. The van der Waals surface area contributed by atoms with Crippen LogP contribution in [0.5, 0.6) is 0 Å². The Hall–Kier alpha value is -1.18. The van der Waals surface area contributed by atoms with Gasteiger partial charge in [-0.15, -0.1) is 0 Å². The van der Waals surface area contributed by atoms with E-state index in [1.54, 1.807) is 0 Å². The molecule has 0 aliphatic carbocycles. The maximum atomic E-state index is 3.54. The summed E-state index contributed by atoms with van der Waals surface area (Å²) in [6.07, 6.45) is 4.01. The Labute approximate surface area is 91.3 Å². The fourth-order valence-corrected chi connectivity index (χ4v) is 2.86. The molecule has 1 aromatic carbocycles. The second kappa shape index (κ2) is 3.44. The summed E-state index contributed by atoms with van der Waals surface area (Å²) in [5.74, 6) is 0. The number of anilines is 2. The van der Waals surface area contributed by atoms with Gasteiger partial charge < -0.3 is 10.2 Å². The van der Waals surface area contributed by atoms with Gasteiger partial charge in [0, 0.05) is 19.1 Å². The van der Waals surface area contributed by atoms with Crippen molar-refractivity contribution in [3.05, 3.63) is 23.8 Å². The van der Waals surface area contributed by atoms with Gasteiger partial charge in [0.2, 0.25) is 0 Å². The number of hydrogen-bond acceptors (Lipinski definition) is 2. The number of aryl methyl sites for hydroxylation is 1. The van der Waals surface area contributed by atoms with Crippen LogP contribution < -0.4 is 10.2 Å². The van der Waals surface area contributed by atoms with Crippen molar-refractivity contribution in [1.29, 1.82) is 0 Å². The first-order chi connectivity index (χ1) is 7.34. The molecule has 2 nitrogen and oxygen atoms in total. The first kappa shape index (κ1) is 9.08. The van der Waals surface area contributed by atoms with E-state index >= 15 is 0 Å². The molecule has 1 aromatic rings. The number of benzene rings is 1. The monoisotopic (exact) mass is 202 g/mol. The lowest BCUT2D eigenvalue weighted by molar-refractivity contribution is 0.638. The van der Waals surface area contributed by atoms with Gasteiger partial charge in [0.1, 0.15) is 0 Å². The Morgan fingerprint density at radius 1 is 1.33 bits per heavy atom. The molecule has 0 aromatic heterocycles. The normalized spacial score (nSPS) is 24.1. The molecule has 15 heavy (non-hydrogen) atoms. The van der Waals surface area contributed by atoms with Gasteiger partial charge in [0.05, 0.1) is 11.4 Å². The second-order valence-corrected chi connectivity index (χ2v) is 4.73. The lowest BCUT2D eigenvalue weighted by atomic mass is 10.1. The lowest BCUT2D eigenvalue weighted by Gasteiger charge is -2.25. The van der Waals surface area contributed by atoms with Crippen molar-refractivity contribution in [2.75, 3.05) is 23.3 Å². The van der Waals surface area contributed by atoms with Gasteiger partial charge in [-0.1, -0.05) is 6.07 Å². The maximum Gasteiger partial charge on any atom is 0.0607 e. The fourth-order valence-electron chi connectivity index (χ4n) is 2.86. The molecule has 0 radical (unpaired) electrons. The molecule has 0 saturated carbocycles. The van der Waals surface area contributed by atoms with Crippen molar-refractivity contribution < 1.29 is 0 Å². The first-order valence-electron chi connectivity index (χ1n) is 5.96. The highest BCUT2D eigenvalue weighted by Crippen LogP contribution is 2.36. The quantitative estimate of drug-likeness (QED) is 0.696. The van der Waals surface area contributed by atoms with Crippen LogP contribution in [0.15, 0.2) is 18.2 Å². The van der Waals surface area contributed by atoms with Gasteiger partial charge in [-0.2, -0.15) is 0 Å². The van der Waals surface area contributed by atoms with E-state index in [4.69, 9.17) is 0 Å². The molecule has 1 fully saturated rings. The van der Waals surface area contributed by atoms with Crippen LogP contribution in [0.25, 0.3) is 0 Å². The van der Waals surface area contributed by atoms with Crippen LogP contribution in [-0.2, 0) is 0 Å². The highest BCUT2D eigenvalue weighted by Gasteiger charge is 2.28. The van der Waals surface area contributed by atoms with Crippen LogP contribution in [0.3, 0.4) is 0 Å². The van der Waals surface area contributed by atoms with Crippen molar-refractivity contribution in [2.24, 2.45) is 0 Å². The highest BCUT2D eigenvalue weighted by molar-refractivity contribution is 5.72.